The van der Waals surface area contributed by atoms with E-state index in [4.69, 9.17) is 16.3 Å². The summed E-state index contributed by atoms with van der Waals surface area (Å²) in [5.41, 5.74) is 3.94. The molecule has 2 heteroatoms. The molecule has 0 aliphatic rings. The van der Waals surface area contributed by atoms with Gasteiger partial charge in [0.05, 0.1) is 12.5 Å². The minimum atomic E-state index is 0.0915. The molecule has 18 heavy (non-hydrogen) atoms. The van der Waals surface area contributed by atoms with Crippen molar-refractivity contribution < 1.29 is 4.74 Å². The van der Waals surface area contributed by atoms with Gasteiger partial charge in [-0.25, -0.2) is 0 Å². The van der Waals surface area contributed by atoms with Crippen molar-refractivity contribution in [1.82, 2.24) is 0 Å². The lowest BCUT2D eigenvalue weighted by molar-refractivity contribution is 0.363. The highest BCUT2D eigenvalue weighted by Crippen LogP contribution is 2.35. The van der Waals surface area contributed by atoms with E-state index < -0.39 is 0 Å². The lowest BCUT2D eigenvalue weighted by Gasteiger charge is -2.21. The largest absolute Gasteiger partial charge is 0.496 e. The van der Waals surface area contributed by atoms with Crippen molar-refractivity contribution >= 4 is 11.6 Å². The third-order valence-electron chi connectivity index (χ3n) is 3.27. The lowest BCUT2D eigenvalue weighted by atomic mass is 9.88. The molecule has 0 fully saturated rings. The second-order valence-corrected chi connectivity index (χ2v) is 6.77. The van der Waals surface area contributed by atoms with Gasteiger partial charge in [0, 0.05) is 0 Å². The molecule has 0 heterocycles. The standard InChI is InChI=1S/C16H25ClO/c1-11-10-15(18-6)12(2)9-13(11)14(17)7-8-16(3,4)5/h9-10,14H,7-8H2,1-6H3. The second-order valence-electron chi connectivity index (χ2n) is 6.25. The van der Waals surface area contributed by atoms with Crippen molar-refractivity contribution in [3.05, 3.63) is 28.8 Å². The highest BCUT2D eigenvalue weighted by Gasteiger charge is 2.17. The monoisotopic (exact) mass is 268 g/mol. The third kappa shape index (κ3) is 4.20. The van der Waals surface area contributed by atoms with Gasteiger partial charge >= 0.3 is 0 Å². The topological polar surface area (TPSA) is 9.23 Å². The Morgan fingerprint density at radius 2 is 1.78 bits per heavy atom. The van der Waals surface area contributed by atoms with E-state index in [9.17, 15) is 0 Å². The fourth-order valence-electron chi connectivity index (χ4n) is 2.08. The van der Waals surface area contributed by atoms with Gasteiger partial charge in [0.15, 0.2) is 0 Å². The zero-order valence-corrected chi connectivity index (χ0v) is 13.2. The summed E-state index contributed by atoms with van der Waals surface area (Å²) in [6, 6.07) is 4.24. The van der Waals surface area contributed by atoms with Crippen molar-refractivity contribution in [2.24, 2.45) is 5.41 Å². The highest BCUT2D eigenvalue weighted by atomic mass is 35.5. The second kappa shape index (κ2) is 5.97. The summed E-state index contributed by atoms with van der Waals surface area (Å²) in [6.07, 6.45) is 2.14. The van der Waals surface area contributed by atoms with E-state index >= 15 is 0 Å². The number of ether oxygens (including phenoxy) is 1. The van der Waals surface area contributed by atoms with Crippen LogP contribution in [-0.4, -0.2) is 7.11 Å². The van der Waals surface area contributed by atoms with Crippen LogP contribution in [-0.2, 0) is 0 Å². The summed E-state index contributed by atoms with van der Waals surface area (Å²) in [7, 11) is 1.71. The Bertz CT molecular complexity index is 404. The Balaban J connectivity index is 2.86. The van der Waals surface area contributed by atoms with Crippen LogP contribution in [0.4, 0.5) is 0 Å². The van der Waals surface area contributed by atoms with Crippen molar-refractivity contribution in [2.75, 3.05) is 7.11 Å². The molecule has 1 unspecified atom stereocenters. The molecule has 0 N–H and O–H groups in total. The highest BCUT2D eigenvalue weighted by molar-refractivity contribution is 6.20. The molecule has 0 amide bonds. The number of rotatable bonds is 4. The van der Waals surface area contributed by atoms with Crippen LogP contribution < -0.4 is 4.74 Å². The first-order valence-electron chi connectivity index (χ1n) is 6.54. The van der Waals surface area contributed by atoms with E-state index in [0.717, 1.165) is 24.2 Å². The van der Waals surface area contributed by atoms with Crippen LogP contribution in [0.15, 0.2) is 12.1 Å². The van der Waals surface area contributed by atoms with Gasteiger partial charge in [-0.1, -0.05) is 26.8 Å². The molecule has 0 aromatic heterocycles. The van der Waals surface area contributed by atoms with E-state index in [1.54, 1.807) is 7.11 Å². The number of aryl methyl sites for hydroxylation is 2. The van der Waals surface area contributed by atoms with Crippen molar-refractivity contribution in [3.63, 3.8) is 0 Å². The first-order valence-corrected chi connectivity index (χ1v) is 6.97. The smallest absolute Gasteiger partial charge is 0.122 e. The summed E-state index contributed by atoms with van der Waals surface area (Å²) in [5.74, 6) is 0.941. The summed E-state index contributed by atoms with van der Waals surface area (Å²) < 4.78 is 5.33. The molecule has 1 nitrogen and oxygen atoms in total. The van der Waals surface area contributed by atoms with Gasteiger partial charge in [-0.2, -0.15) is 0 Å². The van der Waals surface area contributed by atoms with Crippen LogP contribution in [0.25, 0.3) is 0 Å². The molecule has 0 bridgehead atoms. The molecule has 102 valence electrons. The van der Waals surface area contributed by atoms with Crippen LogP contribution >= 0.6 is 11.6 Å². The Morgan fingerprint density at radius 1 is 1.17 bits per heavy atom. The SMILES string of the molecule is COc1cc(C)c(C(Cl)CCC(C)(C)C)cc1C. The number of benzene rings is 1. The zero-order valence-electron chi connectivity index (χ0n) is 12.4. The maximum atomic E-state index is 6.54. The van der Waals surface area contributed by atoms with E-state index in [-0.39, 0.29) is 5.38 Å². The molecule has 0 aliphatic heterocycles. The van der Waals surface area contributed by atoms with Crippen LogP contribution in [0.2, 0.25) is 0 Å². The van der Waals surface area contributed by atoms with Crippen LogP contribution in [0.1, 0.15) is 55.7 Å². The summed E-state index contributed by atoms with van der Waals surface area (Å²) in [4.78, 5) is 0. The van der Waals surface area contributed by atoms with E-state index in [0.29, 0.717) is 5.41 Å². The fraction of sp³-hybridized carbons (Fsp3) is 0.625. The molecule has 0 radical (unpaired) electrons. The quantitative estimate of drug-likeness (QED) is 0.663. The zero-order chi connectivity index (χ0) is 13.9. The van der Waals surface area contributed by atoms with Gasteiger partial charge < -0.3 is 4.74 Å². The van der Waals surface area contributed by atoms with Gasteiger partial charge in [-0.15, -0.1) is 11.6 Å². The van der Waals surface area contributed by atoms with Gasteiger partial charge in [-0.3, -0.25) is 0 Å². The number of halogens is 1. The number of hydrogen-bond donors (Lipinski definition) is 0. The average Bonchev–Trinajstić information content (AvgIpc) is 2.27. The summed E-state index contributed by atoms with van der Waals surface area (Å²) >= 11 is 6.54. The predicted molar refractivity (Wildman–Crippen MR) is 79.8 cm³/mol. The Morgan fingerprint density at radius 3 is 2.28 bits per heavy atom. The van der Waals surface area contributed by atoms with Crippen LogP contribution in [0.3, 0.4) is 0 Å². The minimum absolute atomic E-state index is 0.0915. The van der Waals surface area contributed by atoms with Gasteiger partial charge in [0.1, 0.15) is 5.75 Å². The molecular formula is C16H25ClO. The van der Waals surface area contributed by atoms with Gasteiger partial charge in [0.25, 0.3) is 0 Å². The van der Waals surface area contributed by atoms with Crippen LogP contribution in [0, 0.1) is 19.3 Å². The van der Waals surface area contributed by atoms with E-state index in [1.807, 2.05) is 0 Å². The van der Waals surface area contributed by atoms with Gasteiger partial charge in [-0.05, 0) is 54.9 Å². The summed E-state index contributed by atoms with van der Waals surface area (Å²) in [5, 5.41) is 0.0915. The Hall–Kier alpha value is -0.690. The van der Waals surface area contributed by atoms with Crippen LogP contribution in [0.5, 0.6) is 5.75 Å². The maximum absolute atomic E-state index is 6.54. The van der Waals surface area contributed by atoms with Crippen molar-refractivity contribution in [2.45, 2.75) is 52.8 Å². The summed E-state index contributed by atoms with van der Waals surface area (Å²) in [6.45, 7) is 10.9. The molecule has 1 aromatic carbocycles. The minimum Gasteiger partial charge on any atom is -0.496 e. The molecule has 0 saturated carbocycles. The molecule has 1 atom stereocenters. The first-order chi connectivity index (χ1) is 8.24. The van der Waals surface area contributed by atoms with Crippen molar-refractivity contribution in [3.8, 4) is 5.75 Å². The molecule has 0 aliphatic carbocycles. The molecule has 1 rings (SSSR count). The van der Waals surface area contributed by atoms with Crippen molar-refractivity contribution in [1.29, 1.82) is 0 Å². The fourth-order valence-corrected chi connectivity index (χ4v) is 2.43. The molecule has 0 saturated heterocycles. The first kappa shape index (κ1) is 15.4. The maximum Gasteiger partial charge on any atom is 0.122 e. The molecular weight excluding hydrogens is 244 g/mol. The van der Waals surface area contributed by atoms with Gasteiger partial charge in [0.2, 0.25) is 0 Å². The predicted octanol–water partition coefficient (Wildman–Crippen LogP) is 5.42. The Labute approximate surface area is 116 Å². The van der Waals surface area contributed by atoms with E-state index in [1.165, 1.54) is 11.1 Å². The number of alkyl halides is 1. The Kier molecular flexibility index (Phi) is 5.10. The normalized spacial score (nSPS) is 13.5. The van der Waals surface area contributed by atoms with E-state index in [2.05, 4.69) is 46.8 Å². The average molecular weight is 269 g/mol. The molecule has 0 spiro atoms. The lowest BCUT2D eigenvalue weighted by Crippen LogP contribution is -2.07. The molecule has 1 aromatic rings. The number of hydrogen-bond acceptors (Lipinski definition) is 1. The number of methoxy groups -OCH3 is 1. The third-order valence-corrected chi connectivity index (χ3v) is 3.72.